The van der Waals surface area contributed by atoms with Gasteiger partial charge in [-0.25, -0.2) is 0 Å². The van der Waals surface area contributed by atoms with E-state index in [1.165, 1.54) is 17.0 Å². The zero-order chi connectivity index (χ0) is 21.5. The van der Waals surface area contributed by atoms with Crippen LogP contribution in [0.3, 0.4) is 0 Å². The molecule has 1 amide bonds. The number of benzene rings is 1. The molecule has 0 bridgehead atoms. The molecule has 0 saturated heterocycles. The first-order chi connectivity index (χ1) is 14.3. The van der Waals surface area contributed by atoms with Crippen molar-refractivity contribution in [3.63, 3.8) is 0 Å². The van der Waals surface area contributed by atoms with E-state index < -0.39 is 11.9 Å². The number of thiophene rings is 1. The molecular formula is C22H20F3N3OS. The summed E-state index contributed by atoms with van der Waals surface area (Å²) in [5.74, 6) is -0.419. The summed E-state index contributed by atoms with van der Waals surface area (Å²) < 4.78 is 42.5. The quantitative estimate of drug-likeness (QED) is 0.525. The minimum atomic E-state index is -4.56. The van der Waals surface area contributed by atoms with Gasteiger partial charge in [-0.2, -0.15) is 18.3 Å². The maximum atomic E-state index is 13.7. The number of aromatic nitrogens is 2. The van der Waals surface area contributed by atoms with Crippen LogP contribution in [0.2, 0.25) is 0 Å². The van der Waals surface area contributed by atoms with Gasteiger partial charge in [0.25, 0.3) is 0 Å². The van der Waals surface area contributed by atoms with E-state index in [0.29, 0.717) is 25.2 Å². The van der Waals surface area contributed by atoms with Gasteiger partial charge in [-0.1, -0.05) is 30.8 Å². The van der Waals surface area contributed by atoms with Crippen LogP contribution in [0.15, 0.2) is 54.6 Å². The van der Waals surface area contributed by atoms with E-state index in [-0.39, 0.29) is 17.4 Å². The van der Waals surface area contributed by atoms with E-state index >= 15 is 0 Å². The molecule has 0 saturated carbocycles. The van der Waals surface area contributed by atoms with E-state index in [4.69, 9.17) is 0 Å². The van der Waals surface area contributed by atoms with Gasteiger partial charge < -0.3 is 4.90 Å². The molecule has 3 heterocycles. The number of alkyl halides is 3. The lowest BCUT2D eigenvalue weighted by atomic mass is 9.84. The van der Waals surface area contributed by atoms with E-state index in [0.717, 1.165) is 16.0 Å². The van der Waals surface area contributed by atoms with Crippen molar-refractivity contribution in [1.29, 1.82) is 0 Å². The third-order valence-electron chi connectivity index (χ3n) is 5.36. The largest absolute Gasteiger partial charge is 0.435 e. The van der Waals surface area contributed by atoms with Gasteiger partial charge in [-0.15, -0.1) is 11.3 Å². The van der Waals surface area contributed by atoms with Crippen LogP contribution in [0.5, 0.6) is 0 Å². The van der Waals surface area contributed by atoms with Crippen LogP contribution >= 0.6 is 11.3 Å². The highest BCUT2D eigenvalue weighted by Crippen LogP contribution is 2.43. The standard InChI is InChI=1S/C22H20F3N3OS/c1-3-20(29)27-11-17(16-9-10-30-19(16)13-27)14-7-5-6-8-15(14)18-12-28(4-2)26-21(18)22(23,24)25/h3,5-10,12,17H,1,4,11,13H2,2H3/t17-/m0/s1. The third kappa shape index (κ3) is 3.56. The molecule has 0 fully saturated rings. The van der Waals surface area contributed by atoms with Crippen molar-refractivity contribution in [2.45, 2.75) is 32.1 Å². The van der Waals surface area contributed by atoms with Gasteiger partial charge in [0.05, 0.1) is 6.54 Å². The average Bonchev–Trinajstić information content (AvgIpc) is 3.39. The van der Waals surface area contributed by atoms with Crippen LogP contribution in [0.4, 0.5) is 13.2 Å². The summed E-state index contributed by atoms with van der Waals surface area (Å²) >= 11 is 1.55. The van der Waals surface area contributed by atoms with Gasteiger partial charge in [-0.3, -0.25) is 9.48 Å². The van der Waals surface area contributed by atoms with Crippen LogP contribution in [0.25, 0.3) is 11.1 Å². The number of hydrogen-bond donors (Lipinski definition) is 0. The van der Waals surface area contributed by atoms with Gasteiger partial charge in [-0.05, 0) is 41.1 Å². The van der Waals surface area contributed by atoms with Gasteiger partial charge in [0, 0.05) is 35.6 Å². The molecule has 0 N–H and O–H groups in total. The van der Waals surface area contributed by atoms with Gasteiger partial charge >= 0.3 is 6.18 Å². The number of nitrogens with zero attached hydrogens (tertiary/aromatic N) is 3. The molecule has 4 nitrogen and oxygen atoms in total. The highest BCUT2D eigenvalue weighted by molar-refractivity contribution is 7.10. The van der Waals surface area contributed by atoms with Crippen LogP contribution in [0, 0.1) is 0 Å². The normalized spacial score (nSPS) is 16.4. The zero-order valence-corrected chi connectivity index (χ0v) is 17.1. The van der Waals surface area contributed by atoms with Crippen molar-refractivity contribution < 1.29 is 18.0 Å². The number of amides is 1. The van der Waals surface area contributed by atoms with Gasteiger partial charge in [0.15, 0.2) is 5.69 Å². The summed E-state index contributed by atoms with van der Waals surface area (Å²) in [5, 5.41) is 5.73. The third-order valence-corrected chi connectivity index (χ3v) is 6.28. The summed E-state index contributed by atoms with van der Waals surface area (Å²) in [7, 11) is 0. The maximum absolute atomic E-state index is 13.7. The lowest BCUT2D eigenvalue weighted by Crippen LogP contribution is -2.37. The molecule has 1 aromatic carbocycles. The molecule has 0 unspecified atom stereocenters. The van der Waals surface area contributed by atoms with Crippen molar-refractivity contribution in [2.24, 2.45) is 0 Å². The second kappa shape index (κ2) is 7.75. The van der Waals surface area contributed by atoms with E-state index in [2.05, 4.69) is 11.7 Å². The Bertz CT molecular complexity index is 1100. The zero-order valence-electron chi connectivity index (χ0n) is 16.3. The highest BCUT2D eigenvalue weighted by Gasteiger charge is 2.39. The molecule has 8 heteroatoms. The van der Waals surface area contributed by atoms with Crippen molar-refractivity contribution in [3.8, 4) is 11.1 Å². The topological polar surface area (TPSA) is 38.1 Å². The lowest BCUT2D eigenvalue weighted by Gasteiger charge is -2.33. The summed E-state index contributed by atoms with van der Waals surface area (Å²) in [6.07, 6.45) is -1.84. The molecule has 156 valence electrons. The molecule has 1 aliphatic heterocycles. The number of carbonyl (C=O) groups excluding carboxylic acids is 1. The fourth-order valence-corrected chi connectivity index (χ4v) is 4.90. The number of hydrogen-bond acceptors (Lipinski definition) is 3. The molecular weight excluding hydrogens is 411 g/mol. The molecule has 3 aromatic rings. The van der Waals surface area contributed by atoms with E-state index in [9.17, 15) is 18.0 Å². The number of halogens is 3. The summed E-state index contributed by atoms with van der Waals surface area (Å²) in [6, 6.07) is 9.08. The fraction of sp³-hybridized carbons (Fsp3) is 0.273. The Morgan fingerprint density at radius 2 is 2.03 bits per heavy atom. The van der Waals surface area contributed by atoms with E-state index in [1.807, 2.05) is 23.6 Å². The Morgan fingerprint density at radius 1 is 1.27 bits per heavy atom. The summed E-state index contributed by atoms with van der Waals surface area (Å²) in [6.45, 7) is 6.53. The summed E-state index contributed by atoms with van der Waals surface area (Å²) in [4.78, 5) is 15.0. The molecule has 4 rings (SSSR count). The lowest BCUT2D eigenvalue weighted by molar-refractivity contribution is -0.141. The monoisotopic (exact) mass is 431 g/mol. The molecule has 0 radical (unpaired) electrons. The second-order valence-electron chi connectivity index (χ2n) is 7.11. The van der Waals surface area contributed by atoms with Crippen molar-refractivity contribution >= 4 is 17.2 Å². The van der Waals surface area contributed by atoms with Crippen molar-refractivity contribution in [1.82, 2.24) is 14.7 Å². The highest BCUT2D eigenvalue weighted by atomic mass is 32.1. The average molecular weight is 431 g/mol. The minimum Gasteiger partial charge on any atom is -0.333 e. The van der Waals surface area contributed by atoms with Crippen LogP contribution in [-0.4, -0.2) is 27.1 Å². The van der Waals surface area contributed by atoms with Crippen LogP contribution < -0.4 is 0 Å². The maximum Gasteiger partial charge on any atom is 0.435 e. The first kappa shape index (κ1) is 20.4. The molecule has 2 aromatic heterocycles. The fourth-order valence-electron chi connectivity index (χ4n) is 3.94. The smallest absolute Gasteiger partial charge is 0.333 e. The van der Waals surface area contributed by atoms with Crippen LogP contribution in [-0.2, 0) is 24.1 Å². The number of aryl methyl sites for hydroxylation is 1. The SMILES string of the molecule is C=CC(=O)N1Cc2sccc2[C@H](c2ccccc2-c2cn(CC)nc2C(F)(F)F)C1. The van der Waals surface area contributed by atoms with Crippen LogP contribution in [0.1, 0.15) is 34.5 Å². The predicted octanol–water partition coefficient (Wildman–Crippen LogP) is 5.31. The van der Waals surface area contributed by atoms with Crippen molar-refractivity contribution in [3.05, 3.63) is 76.3 Å². The molecule has 1 atom stereocenters. The van der Waals surface area contributed by atoms with Gasteiger partial charge in [0.1, 0.15) is 0 Å². The molecule has 0 aliphatic carbocycles. The minimum absolute atomic E-state index is 0.0592. The molecule has 0 spiro atoms. The Balaban J connectivity index is 1.87. The number of rotatable bonds is 4. The predicted molar refractivity (Wildman–Crippen MR) is 110 cm³/mol. The molecule has 30 heavy (non-hydrogen) atoms. The van der Waals surface area contributed by atoms with Gasteiger partial charge in [0.2, 0.25) is 5.91 Å². The Hall–Kier alpha value is -2.87. The van der Waals surface area contributed by atoms with Crippen molar-refractivity contribution in [2.75, 3.05) is 6.54 Å². The Morgan fingerprint density at radius 3 is 2.73 bits per heavy atom. The molecule has 1 aliphatic rings. The Labute approximate surface area is 176 Å². The first-order valence-corrected chi connectivity index (χ1v) is 10.4. The number of fused-ring (bicyclic) bond motifs is 1. The number of carbonyl (C=O) groups is 1. The Kier molecular flexibility index (Phi) is 5.27. The second-order valence-corrected chi connectivity index (χ2v) is 8.11. The van der Waals surface area contributed by atoms with E-state index in [1.54, 1.807) is 35.3 Å². The summed E-state index contributed by atoms with van der Waals surface area (Å²) in [5.41, 5.74) is 1.46. The first-order valence-electron chi connectivity index (χ1n) is 9.55.